The number of carbonyl (C=O) groups is 3. The molecule has 1 N–H and O–H groups in total. The van der Waals surface area contributed by atoms with Gasteiger partial charge in [0.1, 0.15) is 6.04 Å². The van der Waals surface area contributed by atoms with E-state index in [9.17, 15) is 14.4 Å². The van der Waals surface area contributed by atoms with Crippen LogP contribution in [0.2, 0.25) is 0 Å². The highest BCUT2D eigenvalue weighted by Crippen LogP contribution is 2.22. The van der Waals surface area contributed by atoms with E-state index in [1.165, 1.54) is 16.1 Å². The van der Waals surface area contributed by atoms with Gasteiger partial charge in [0.05, 0.1) is 12.8 Å². The van der Waals surface area contributed by atoms with Crippen LogP contribution in [0, 0.1) is 0 Å². The van der Waals surface area contributed by atoms with Crippen LogP contribution in [-0.2, 0) is 9.59 Å². The summed E-state index contributed by atoms with van der Waals surface area (Å²) < 4.78 is 5.15. The summed E-state index contributed by atoms with van der Waals surface area (Å²) in [6.07, 6.45) is 2.75. The number of likely N-dealkylation sites (N-methyl/N-ethyl adjacent to an activating group) is 1. The molecule has 7 nitrogen and oxygen atoms in total. The molecule has 0 unspecified atom stereocenters. The van der Waals surface area contributed by atoms with Crippen LogP contribution in [0.15, 0.2) is 53.1 Å². The number of furan rings is 1. The van der Waals surface area contributed by atoms with Gasteiger partial charge < -0.3 is 19.5 Å². The van der Waals surface area contributed by atoms with E-state index >= 15 is 0 Å². The third-order valence-corrected chi connectivity index (χ3v) is 4.35. The number of para-hydroxylation sites is 1. The van der Waals surface area contributed by atoms with Gasteiger partial charge in [0.25, 0.3) is 5.91 Å². The molecule has 1 aliphatic heterocycles. The number of hydrogen-bond acceptors (Lipinski definition) is 4. The maximum absolute atomic E-state index is 12.7. The number of anilines is 1. The van der Waals surface area contributed by atoms with Crippen molar-refractivity contribution in [1.29, 1.82) is 0 Å². The predicted molar refractivity (Wildman–Crippen MR) is 95.5 cm³/mol. The van der Waals surface area contributed by atoms with Crippen LogP contribution in [0.5, 0.6) is 0 Å². The van der Waals surface area contributed by atoms with E-state index in [0.29, 0.717) is 18.7 Å². The first-order valence-electron chi connectivity index (χ1n) is 8.50. The number of likely N-dealkylation sites (tertiary alicyclic amines) is 1. The molecule has 2 aromatic rings. The number of nitrogens with one attached hydrogen (secondary N) is 1. The highest BCUT2D eigenvalue weighted by molar-refractivity contribution is 5.98. The quantitative estimate of drug-likeness (QED) is 0.889. The van der Waals surface area contributed by atoms with Crippen molar-refractivity contribution >= 4 is 23.4 Å². The minimum absolute atomic E-state index is 0.0764. The normalized spacial score (nSPS) is 16.3. The zero-order chi connectivity index (χ0) is 18.5. The van der Waals surface area contributed by atoms with Crippen LogP contribution < -0.4 is 5.32 Å². The van der Waals surface area contributed by atoms with E-state index in [4.69, 9.17) is 4.42 Å². The van der Waals surface area contributed by atoms with Crippen molar-refractivity contribution in [2.45, 2.75) is 18.9 Å². The zero-order valence-corrected chi connectivity index (χ0v) is 14.6. The number of hydrogen-bond donors (Lipinski definition) is 1. The summed E-state index contributed by atoms with van der Waals surface area (Å²) >= 11 is 0. The van der Waals surface area contributed by atoms with Gasteiger partial charge in [-0.25, -0.2) is 0 Å². The van der Waals surface area contributed by atoms with Gasteiger partial charge in [0.2, 0.25) is 11.8 Å². The Morgan fingerprint density at radius 3 is 2.65 bits per heavy atom. The van der Waals surface area contributed by atoms with Gasteiger partial charge in [0.15, 0.2) is 5.76 Å². The van der Waals surface area contributed by atoms with Crippen LogP contribution in [0.25, 0.3) is 0 Å². The van der Waals surface area contributed by atoms with Crippen LogP contribution >= 0.6 is 0 Å². The molecule has 3 amide bonds. The van der Waals surface area contributed by atoms with E-state index < -0.39 is 6.04 Å². The van der Waals surface area contributed by atoms with Crippen molar-refractivity contribution in [3.63, 3.8) is 0 Å². The summed E-state index contributed by atoms with van der Waals surface area (Å²) in [5, 5.41) is 2.75. The molecule has 1 aliphatic rings. The lowest BCUT2D eigenvalue weighted by Gasteiger charge is -2.27. The maximum Gasteiger partial charge on any atom is 0.290 e. The summed E-state index contributed by atoms with van der Waals surface area (Å²) in [5.74, 6) is -0.610. The summed E-state index contributed by atoms with van der Waals surface area (Å²) in [7, 11) is 1.57. The van der Waals surface area contributed by atoms with E-state index in [-0.39, 0.29) is 30.0 Å². The Balaban J connectivity index is 1.60. The molecule has 0 aliphatic carbocycles. The molecule has 2 heterocycles. The third-order valence-electron chi connectivity index (χ3n) is 4.35. The molecule has 26 heavy (non-hydrogen) atoms. The smallest absolute Gasteiger partial charge is 0.290 e. The Kier molecular flexibility index (Phi) is 5.36. The summed E-state index contributed by atoms with van der Waals surface area (Å²) in [5.41, 5.74) is 0.675. The first-order valence-corrected chi connectivity index (χ1v) is 8.50. The average molecular weight is 355 g/mol. The van der Waals surface area contributed by atoms with Gasteiger partial charge in [0, 0.05) is 19.3 Å². The molecule has 136 valence electrons. The van der Waals surface area contributed by atoms with E-state index in [0.717, 1.165) is 6.42 Å². The Morgan fingerprint density at radius 1 is 1.19 bits per heavy atom. The first-order chi connectivity index (χ1) is 12.6. The monoisotopic (exact) mass is 355 g/mol. The fourth-order valence-corrected chi connectivity index (χ4v) is 3.08. The van der Waals surface area contributed by atoms with Crippen LogP contribution in [0.3, 0.4) is 0 Å². The average Bonchev–Trinajstić information content (AvgIpc) is 3.33. The third kappa shape index (κ3) is 3.93. The fraction of sp³-hybridized carbons (Fsp3) is 0.316. The second kappa shape index (κ2) is 7.86. The summed E-state index contributed by atoms with van der Waals surface area (Å²) in [4.78, 5) is 40.3. The van der Waals surface area contributed by atoms with E-state index in [2.05, 4.69) is 5.32 Å². The van der Waals surface area contributed by atoms with Gasteiger partial charge in [-0.05, 0) is 37.1 Å². The van der Waals surface area contributed by atoms with Gasteiger partial charge in [-0.2, -0.15) is 0 Å². The molecule has 1 atom stereocenters. The Bertz CT molecular complexity index is 773. The largest absolute Gasteiger partial charge is 0.459 e. The zero-order valence-electron chi connectivity index (χ0n) is 14.6. The lowest BCUT2D eigenvalue weighted by molar-refractivity contribution is -0.136. The second-order valence-electron chi connectivity index (χ2n) is 6.24. The number of benzene rings is 1. The molecule has 7 heteroatoms. The van der Waals surface area contributed by atoms with Crippen molar-refractivity contribution in [3.8, 4) is 0 Å². The minimum Gasteiger partial charge on any atom is -0.459 e. The van der Waals surface area contributed by atoms with E-state index in [1.807, 2.05) is 18.2 Å². The second-order valence-corrected chi connectivity index (χ2v) is 6.24. The van der Waals surface area contributed by atoms with E-state index in [1.54, 1.807) is 31.3 Å². The van der Waals surface area contributed by atoms with Crippen LogP contribution in [0.1, 0.15) is 23.4 Å². The Hall–Kier alpha value is -3.09. The van der Waals surface area contributed by atoms with Gasteiger partial charge >= 0.3 is 0 Å². The molecular formula is C19H21N3O4. The number of nitrogens with zero attached hydrogens (tertiary/aromatic N) is 2. The molecule has 0 radical (unpaired) electrons. The first kappa shape index (κ1) is 17.7. The topological polar surface area (TPSA) is 82.9 Å². The van der Waals surface area contributed by atoms with Crippen molar-refractivity contribution in [2.75, 3.05) is 25.5 Å². The molecule has 1 saturated heterocycles. The molecule has 1 aromatic carbocycles. The maximum atomic E-state index is 12.7. The molecular weight excluding hydrogens is 334 g/mol. The molecule has 1 fully saturated rings. The predicted octanol–water partition coefficient (Wildman–Crippen LogP) is 1.98. The standard InChI is InChI=1S/C19H21N3O4/c1-21(13-17(23)20-14-7-3-2-4-8-14)18(24)15-9-5-11-22(15)19(25)16-10-6-12-26-16/h2-4,6-8,10,12,15H,5,9,11,13H2,1H3,(H,20,23)/t15-/m0/s1. The van der Waals surface area contributed by atoms with Crippen LogP contribution in [-0.4, -0.2) is 53.7 Å². The van der Waals surface area contributed by atoms with Crippen molar-refractivity contribution in [3.05, 3.63) is 54.5 Å². The molecule has 1 aromatic heterocycles. The van der Waals surface area contributed by atoms with Crippen molar-refractivity contribution in [1.82, 2.24) is 9.80 Å². The number of carbonyl (C=O) groups excluding carboxylic acids is 3. The fourth-order valence-electron chi connectivity index (χ4n) is 3.08. The molecule has 0 saturated carbocycles. The van der Waals surface area contributed by atoms with Crippen molar-refractivity contribution < 1.29 is 18.8 Å². The summed E-state index contributed by atoms with van der Waals surface area (Å²) in [6.45, 7) is 0.424. The molecule has 0 bridgehead atoms. The highest BCUT2D eigenvalue weighted by Gasteiger charge is 2.37. The highest BCUT2D eigenvalue weighted by atomic mass is 16.3. The van der Waals surface area contributed by atoms with Crippen molar-refractivity contribution in [2.24, 2.45) is 0 Å². The lowest BCUT2D eigenvalue weighted by atomic mass is 10.2. The lowest BCUT2D eigenvalue weighted by Crippen LogP contribution is -2.48. The van der Waals surface area contributed by atoms with Gasteiger partial charge in [-0.15, -0.1) is 0 Å². The number of amides is 3. The van der Waals surface area contributed by atoms with Gasteiger partial charge in [-0.3, -0.25) is 14.4 Å². The van der Waals surface area contributed by atoms with Gasteiger partial charge in [-0.1, -0.05) is 18.2 Å². The van der Waals surface area contributed by atoms with Crippen LogP contribution in [0.4, 0.5) is 5.69 Å². The number of rotatable bonds is 5. The molecule has 0 spiro atoms. The Labute approximate surface area is 151 Å². The summed E-state index contributed by atoms with van der Waals surface area (Å²) in [6, 6.07) is 11.7. The Morgan fingerprint density at radius 2 is 1.96 bits per heavy atom. The molecule has 3 rings (SSSR count). The SMILES string of the molecule is CN(CC(=O)Nc1ccccc1)C(=O)[C@@H]1CCCN1C(=O)c1ccco1. The minimum atomic E-state index is -0.567.